The Kier molecular flexibility index (Phi) is 6.73. The van der Waals surface area contributed by atoms with Crippen LogP contribution < -0.4 is 0 Å². The Bertz CT molecular complexity index is 129. The van der Waals surface area contributed by atoms with Gasteiger partial charge in [0.25, 0.3) is 0 Å². The van der Waals surface area contributed by atoms with Gasteiger partial charge in [-0.2, -0.15) is 0 Å². The molecule has 0 aliphatic carbocycles. The lowest BCUT2D eigenvalue weighted by Gasteiger charge is -1.98. The molecule has 0 aromatic carbocycles. The SMILES string of the molecule is CC=CC(=O)OCCCC[O]. The monoisotopic (exact) mass is 157 g/mol. The predicted molar refractivity (Wildman–Crippen MR) is 40.6 cm³/mol. The molecule has 3 nitrogen and oxygen atoms in total. The third-order valence-corrected chi connectivity index (χ3v) is 1.09. The maximum atomic E-state index is 10.6. The molecule has 0 N–H and O–H groups in total. The van der Waals surface area contributed by atoms with Gasteiger partial charge in [-0.1, -0.05) is 6.08 Å². The van der Waals surface area contributed by atoms with Crippen molar-refractivity contribution >= 4 is 5.97 Å². The van der Waals surface area contributed by atoms with Crippen LogP contribution in [0.15, 0.2) is 12.2 Å². The zero-order valence-electron chi connectivity index (χ0n) is 6.71. The summed E-state index contributed by atoms with van der Waals surface area (Å²) in [6.07, 6.45) is 4.21. The van der Waals surface area contributed by atoms with Crippen LogP contribution in [0.3, 0.4) is 0 Å². The van der Waals surface area contributed by atoms with E-state index in [0.29, 0.717) is 19.4 Å². The summed E-state index contributed by atoms with van der Waals surface area (Å²) in [5, 5.41) is 9.95. The van der Waals surface area contributed by atoms with E-state index in [2.05, 4.69) is 0 Å². The zero-order valence-corrected chi connectivity index (χ0v) is 6.71. The summed E-state index contributed by atoms with van der Waals surface area (Å²) in [6, 6.07) is 0. The number of ether oxygens (including phenoxy) is 1. The second-order valence-electron chi connectivity index (χ2n) is 2.08. The molecule has 0 heterocycles. The molecule has 0 aliphatic rings. The van der Waals surface area contributed by atoms with Crippen molar-refractivity contribution < 1.29 is 14.6 Å². The molecule has 0 aromatic rings. The molecule has 0 rings (SSSR count). The average molecular weight is 157 g/mol. The quantitative estimate of drug-likeness (QED) is 0.343. The molecule has 0 aromatic heterocycles. The van der Waals surface area contributed by atoms with E-state index >= 15 is 0 Å². The average Bonchev–Trinajstić information content (AvgIpc) is 1.99. The summed E-state index contributed by atoms with van der Waals surface area (Å²) in [6.45, 7) is 2.01. The summed E-state index contributed by atoms with van der Waals surface area (Å²) >= 11 is 0. The van der Waals surface area contributed by atoms with E-state index in [9.17, 15) is 9.90 Å². The first kappa shape index (κ1) is 10.2. The molecule has 0 saturated carbocycles. The van der Waals surface area contributed by atoms with Gasteiger partial charge in [-0.3, -0.25) is 0 Å². The molecule has 0 amide bonds. The fourth-order valence-electron chi connectivity index (χ4n) is 0.561. The van der Waals surface area contributed by atoms with E-state index in [4.69, 9.17) is 4.74 Å². The smallest absolute Gasteiger partial charge is 0.330 e. The number of hydrogen-bond donors (Lipinski definition) is 0. The van der Waals surface area contributed by atoms with E-state index in [1.54, 1.807) is 13.0 Å². The van der Waals surface area contributed by atoms with Crippen LogP contribution in [-0.4, -0.2) is 19.2 Å². The highest BCUT2D eigenvalue weighted by Gasteiger charge is 1.94. The number of carbonyl (C=O) groups excluding carboxylic acids is 1. The molecular formula is C8H13O3. The van der Waals surface area contributed by atoms with Gasteiger partial charge < -0.3 is 4.74 Å². The molecule has 0 unspecified atom stereocenters. The van der Waals surface area contributed by atoms with Crippen molar-refractivity contribution in [3.8, 4) is 0 Å². The maximum absolute atomic E-state index is 10.6. The number of carbonyl (C=O) groups is 1. The number of allylic oxidation sites excluding steroid dienone is 1. The van der Waals surface area contributed by atoms with Crippen molar-refractivity contribution in [2.45, 2.75) is 19.8 Å². The molecule has 63 valence electrons. The molecule has 0 spiro atoms. The Morgan fingerprint density at radius 1 is 1.45 bits per heavy atom. The van der Waals surface area contributed by atoms with Crippen LogP contribution in [0.4, 0.5) is 0 Å². The summed E-state index contributed by atoms with van der Waals surface area (Å²) in [5.41, 5.74) is 0. The second kappa shape index (κ2) is 7.28. The van der Waals surface area contributed by atoms with Crippen molar-refractivity contribution in [1.82, 2.24) is 0 Å². The van der Waals surface area contributed by atoms with Crippen LogP contribution in [0.2, 0.25) is 0 Å². The number of rotatable bonds is 5. The van der Waals surface area contributed by atoms with Gasteiger partial charge >= 0.3 is 5.97 Å². The third-order valence-electron chi connectivity index (χ3n) is 1.09. The van der Waals surface area contributed by atoms with Gasteiger partial charge in [-0.25, -0.2) is 9.90 Å². The van der Waals surface area contributed by atoms with Crippen molar-refractivity contribution in [2.24, 2.45) is 0 Å². The van der Waals surface area contributed by atoms with Gasteiger partial charge in [0.15, 0.2) is 0 Å². The molecule has 11 heavy (non-hydrogen) atoms. The van der Waals surface area contributed by atoms with Gasteiger partial charge in [0, 0.05) is 6.08 Å². The number of esters is 1. The van der Waals surface area contributed by atoms with E-state index in [1.807, 2.05) is 0 Å². The molecule has 0 bridgehead atoms. The van der Waals surface area contributed by atoms with Crippen LogP contribution in [0.1, 0.15) is 19.8 Å². The highest BCUT2D eigenvalue weighted by atomic mass is 16.5. The lowest BCUT2D eigenvalue weighted by atomic mass is 10.3. The summed E-state index contributed by atoms with van der Waals surface area (Å²) in [7, 11) is 0. The lowest BCUT2D eigenvalue weighted by molar-refractivity contribution is -0.137. The minimum Gasteiger partial charge on any atom is -0.463 e. The largest absolute Gasteiger partial charge is 0.463 e. The third kappa shape index (κ3) is 7.06. The van der Waals surface area contributed by atoms with Crippen LogP contribution in [0.25, 0.3) is 0 Å². The van der Waals surface area contributed by atoms with Gasteiger partial charge in [-0.15, -0.1) is 0 Å². The van der Waals surface area contributed by atoms with Crippen molar-refractivity contribution in [2.75, 3.05) is 13.2 Å². The van der Waals surface area contributed by atoms with E-state index in [1.165, 1.54) is 6.08 Å². The first-order valence-electron chi connectivity index (χ1n) is 3.68. The molecule has 0 aliphatic heterocycles. The minimum atomic E-state index is -0.335. The molecular weight excluding hydrogens is 144 g/mol. The molecule has 1 radical (unpaired) electrons. The van der Waals surface area contributed by atoms with Crippen LogP contribution >= 0.6 is 0 Å². The maximum Gasteiger partial charge on any atom is 0.330 e. The number of hydrogen-bond acceptors (Lipinski definition) is 2. The Labute approximate surface area is 66.7 Å². The fourth-order valence-corrected chi connectivity index (χ4v) is 0.561. The lowest BCUT2D eigenvalue weighted by Crippen LogP contribution is -2.02. The Balaban J connectivity index is 3.17. The van der Waals surface area contributed by atoms with Crippen LogP contribution in [0.5, 0.6) is 0 Å². The first-order valence-corrected chi connectivity index (χ1v) is 3.68. The predicted octanol–water partition coefficient (Wildman–Crippen LogP) is 1.32. The van der Waals surface area contributed by atoms with Crippen molar-refractivity contribution in [1.29, 1.82) is 0 Å². The normalized spacial score (nSPS) is 10.4. The molecule has 0 saturated heterocycles. The Hall–Kier alpha value is -0.830. The van der Waals surface area contributed by atoms with Gasteiger partial charge in [-0.05, 0) is 19.8 Å². The van der Waals surface area contributed by atoms with Gasteiger partial charge in [0.2, 0.25) is 0 Å². The van der Waals surface area contributed by atoms with E-state index in [-0.39, 0.29) is 12.6 Å². The van der Waals surface area contributed by atoms with Crippen molar-refractivity contribution in [3.05, 3.63) is 12.2 Å². The van der Waals surface area contributed by atoms with Crippen molar-refractivity contribution in [3.63, 3.8) is 0 Å². The minimum absolute atomic E-state index is 0.0961. The van der Waals surface area contributed by atoms with E-state index < -0.39 is 0 Å². The highest BCUT2D eigenvalue weighted by Crippen LogP contribution is 1.89. The Morgan fingerprint density at radius 3 is 2.73 bits per heavy atom. The summed E-state index contributed by atoms with van der Waals surface area (Å²) < 4.78 is 4.72. The fraction of sp³-hybridized carbons (Fsp3) is 0.625. The van der Waals surface area contributed by atoms with Gasteiger partial charge in [0.1, 0.15) is 0 Å². The Morgan fingerprint density at radius 2 is 2.18 bits per heavy atom. The zero-order chi connectivity index (χ0) is 8.53. The number of unbranched alkanes of at least 4 members (excludes halogenated alkanes) is 1. The summed E-state index contributed by atoms with van der Waals surface area (Å²) in [5.74, 6) is -0.335. The second-order valence-corrected chi connectivity index (χ2v) is 2.08. The topological polar surface area (TPSA) is 46.2 Å². The van der Waals surface area contributed by atoms with Gasteiger partial charge in [0.05, 0.1) is 13.2 Å². The molecule has 3 heteroatoms. The van der Waals surface area contributed by atoms with E-state index in [0.717, 1.165) is 0 Å². The molecule has 0 fully saturated rings. The highest BCUT2D eigenvalue weighted by molar-refractivity contribution is 5.81. The van der Waals surface area contributed by atoms with Crippen LogP contribution in [-0.2, 0) is 14.6 Å². The first-order chi connectivity index (χ1) is 5.31. The standard InChI is InChI=1S/C8H13O3/c1-2-5-8(10)11-7-4-3-6-9/h2,5H,3-4,6-7H2,1H3. The summed E-state index contributed by atoms with van der Waals surface area (Å²) in [4.78, 5) is 10.6. The molecule has 0 atom stereocenters. The van der Waals surface area contributed by atoms with Crippen LogP contribution in [0, 0.1) is 0 Å².